The van der Waals surface area contributed by atoms with E-state index in [1.54, 1.807) is 12.4 Å². The molecule has 1 aromatic carbocycles. The van der Waals surface area contributed by atoms with Gasteiger partial charge in [0.15, 0.2) is 0 Å². The second-order valence-electron chi connectivity index (χ2n) is 6.07. The van der Waals surface area contributed by atoms with Crippen molar-refractivity contribution in [1.82, 2.24) is 9.88 Å². The van der Waals surface area contributed by atoms with Crippen LogP contribution in [0.3, 0.4) is 0 Å². The third-order valence-electron chi connectivity index (χ3n) is 4.40. The first kappa shape index (κ1) is 15.5. The number of rotatable bonds is 4. The molecule has 2 aromatic rings. The van der Waals surface area contributed by atoms with Gasteiger partial charge in [-0.3, -0.25) is 4.98 Å². The van der Waals surface area contributed by atoms with Gasteiger partial charge in [-0.15, -0.1) is 0 Å². The fourth-order valence-electron chi connectivity index (χ4n) is 3.17. The molecular weight excluding hydrogens is 286 g/mol. The Balaban J connectivity index is 1.74. The first-order valence-electron chi connectivity index (χ1n) is 8.34. The molecule has 1 fully saturated rings. The van der Waals surface area contributed by atoms with Gasteiger partial charge >= 0.3 is 6.03 Å². The maximum Gasteiger partial charge on any atom is 0.322 e. The molecule has 0 spiro atoms. The van der Waals surface area contributed by atoms with Crippen molar-refractivity contribution in [3.8, 4) is 0 Å². The largest absolute Gasteiger partial charge is 0.322 e. The Kier molecular flexibility index (Phi) is 5.25. The number of hydrogen-bond donors (Lipinski definition) is 1. The zero-order valence-corrected chi connectivity index (χ0v) is 13.3. The average Bonchev–Trinajstić information content (AvgIpc) is 2.62. The molecule has 23 heavy (non-hydrogen) atoms. The summed E-state index contributed by atoms with van der Waals surface area (Å²) in [5.74, 6) is 0. The number of anilines is 1. The predicted octanol–water partition coefficient (Wildman–Crippen LogP) is 4.45. The molecule has 1 aliphatic rings. The Morgan fingerprint density at radius 3 is 2.43 bits per heavy atom. The maximum atomic E-state index is 12.8. The Labute approximate surface area is 137 Å². The Hall–Kier alpha value is -2.36. The zero-order chi connectivity index (χ0) is 15.9. The average molecular weight is 309 g/mol. The number of amides is 2. The van der Waals surface area contributed by atoms with Crippen LogP contribution in [-0.4, -0.2) is 22.0 Å². The molecule has 120 valence electrons. The number of carbonyl (C=O) groups excluding carboxylic acids is 1. The maximum absolute atomic E-state index is 12.8. The van der Waals surface area contributed by atoms with Crippen molar-refractivity contribution in [2.45, 2.75) is 44.7 Å². The summed E-state index contributed by atoms with van der Waals surface area (Å²) in [6, 6.07) is 14.2. The molecular formula is C19H23N3O. The number of nitrogens with zero attached hydrogens (tertiary/aromatic N) is 2. The lowest BCUT2D eigenvalue weighted by Crippen LogP contribution is -2.43. The third kappa shape index (κ3) is 4.31. The molecule has 1 aromatic heterocycles. The van der Waals surface area contributed by atoms with Gasteiger partial charge in [0, 0.05) is 30.7 Å². The lowest BCUT2D eigenvalue weighted by Gasteiger charge is -2.34. The van der Waals surface area contributed by atoms with Crippen LogP contribution >= 0.6 is 0 Å². The molecule has 0 saturated heterocycles. The summed E-state index contributed by atoms with van der Waals surface area (Å²) in [4.78, 5) is 18.8. The third-order valence-corrected chi connectivity index (χ3v) is 4.40. The molecule has 0 radical (unpaired) electrons. The quantitative estimate of drug-likeness (QED) is 0.907. The second kappa shape index (κ2) is 7.77. The molecule has 0 bridgehead atoms. The Morgan fingerprint density at radius 1 is 1.04 bits per heavy atom. The van der Waals surface area contributed by atoms with Crippen molar-refractivity contribution in [3.63, 3.8) is 0 Å². The Bertz CT molecular complexity index is 609. The number of urea groups is 1. The number of pyridine rings is 1. The van der Waals surface area contributed by atoms with Gasteiger partial charge in [-0.05, 0) is 30.5 Å². The number of nitrogens with one attached hydrogen (secondary N) is 1. The van der Waals surface area contributed by atoms with E-state index < -0.39 is 0 Å². The van der Waals surface area contributed by atoms with E-state index in [1.165, 1.54) is 24.8 Å². The van der Waals surface area contributed by atoms with Gasteiger partial charge in [0.25, 0.3) is 0 Å². The summed E-state index contributed by atoms with van der Waals surface area (Å²) in [5.41, 5.74) is 1.96. The molecule has 1 aliphatic carbocycles. The van der Waals surface area contributed by atoms with Crippen molar-refractivity contribution in [2.24, 2.45) is 0 Å². The highest BCUT2D eigenvalue weighted by Gasteiger charge is 2.25. The lowest BCUT2D eigenvalue weighted by molar-refractivity contribution is 0.163. The molecule has 3 rings (SSSR count). The molecule has 0 unspecified atom stereocenters. The van der Waals surface area contributed by atoms with Crippen molar-refractivity contribution >= 4 is 11.7 Å². The van der Waals surface area contributed by atoms with Crippen molar-refractivity contribution < 1.29 is 4.79 Å². The highest BCUT2D eigenvalue weighted by Crippen LogP contribution is 2.25. The van der Waals surface area contributed by atoms with Crippen LogP contribution in [0.15, 0.2) is 54.9 Å². The van der Waals surface area contributed by atoms with Gasteiger partial charge in [-0.2, -0.15) is 0 Å². The first-order chi connectivity index (χ1) is 11.3. The normalized spacial score (nSPS) is 15.1. The summed E-state index contributed by atoms with van der Waals surface area (Å²) in [6.07, 6.45) is 9.27. The molecule has 4 nitrogen and oxygen atoms in total. The number of carbonyl (C=O) groups is 1. The minimum atomic E-state index is -0.0213. The van der Waals surface area contributed by atoms with Crippen LogP contribution in [0.4, 0.5) is 10.5 Å². The van der Waals surface area contributed by atoms with E-state index in [9.17, 15) is 4.79 Å². The fourth-order valence-corrected chi connectivity index (χ4v) is 3.17. The van der Waals surface area contributed by atoms with Crippen LogP contribution < -0.4 is 5.32 Å². The van der Waals surface area contributed by atoms with E-state index in [0.29, 0.717) is 12.6 Å². The fraction of sp³-hybridized carbons (Fsp3) is 0.368. The molecule has 0 atom stereocenters. The smallest absolute Gasteiger partial charge is 0.317 e. The van der Waals surface area contributed by atoms with E-state index in [0.717, 1.165) is 18.5 Å². The van der Waals surface area contributed by atoms with Gasteiger partial charge < -0.3 is 10.2 Å². The second-order valence-corrected chi connectivity index (χ2v) is 6.07. The standard InChI is InChI=1S/C19H23N3O/c23-19(21-17-11-13-20-14-12-17)22(18-9-5-2-6-10-18)15-16-7-3-1-4-8-16/h1,3-4,7-8,11-14,18H,2,5-6,9-10,15H2,(H,20,21,23). The van der Waals surface area contributed by atoms with Crippen molar-refractivity contribution in [3.05, 3.63) is 60.4 Å². The molecule has 1 heterocycles. The molecule has 1 saturated carbocycles. The van der Waals surface area contributed by atoms with E-state index >= 15 is 0 Å². The van der Waals surface area contributed by atoms with Crippen LogP contribution in [-0.2, 0) is 6.54 Å². The van der Waals surface area contributed by atoms with Crippen LogP contribution in [0.5, 0.6) is 0 Å². The Morgan fingerprint density at radius 2 is 1.74 bits per heavy atom. The number of benzene rings is 1. The van der Waals surface area contributed by atoms with Gasteiger partial charge in [0.05, 0.1) is 0 Å². The van der Waals surface area contributed by atoms with Crippen LogP contribution in [0.2, 0.25) is 0 Å². The molecule has 0 aliphatic heterocycles. The molecule has 1 N–H and O–H groups in total. The van der Waals surface area contributed by atoms with Gasteiger partial charge in [0.2, 0.25) is 0 Å². The van der Waals surface area contributed by atoms with Gasteiger partial charge in [-0.1, -0.05) is 49.6 Å². The van der Waals surface area contributed by atoms with Crippen LogP contribution in [0.1, 0.15) is 37.7 Å². The monoisotopic (exact) mass is 309 g/mol. The summed E-state index contributed by atoms with van der Waals surface area (Å²) >= 11 is 0. The minimum absolute atomic E-state index is 0.0213. The van der Waals surface area contributed by atoms with E-state index in [-0.39, 0.29) is 6.03 Å². The summed E-state index contributed by atoms with van der Waals surface area (Å²) in [7, 11) is 0. The highest BCUT2D eigenvalue weighted by molar-refractivity contribution is 5.89. The topological polar surface area (TPSA) is 45.2 Å². The van der Waals surface area contributed by atoms with Gasteiger partial charge in [-0.25, -0.2) is 4.79 Å². The van der Waals surface area contributed by atoms with E-state index in [4.69, 9.17) is 0 Å². The molecule has 4 heteroatoms. The highest BCUT2D eigenvalue weighted by atomic mass is 16.2. The summed E-state index contributed by atoms with van der Waals surface area (Å²) < 4.78 is 0. The van der Waals surface area contributed by atoms with Crippen LogP contribution in [0, 0.1) is 0 Å². The predicted molar refractivity (Wildman–Crippen MR) is 92.1 cm³/mol. The zero-order valence-electron chi connectivity index (χ0n) is 13.3. The van der Waals surface area contributed by atoms with Crippen molar-refractivity contribution in [2.75, 3.05) is 5.32 Å². The van der Waals surface area contributed by atoms with Crippen LogP contribution in [0.25, 0.3) is 0 Å². The van der Waals surface area contributed by atoms with Crippen molar-refractivity contribution in [1.29, 1.82) is 0 Å². The first-order valence-corrected chi connectivity index (χ1v) is 8.34. The number of aromatic nitrogens is 1. The van der Waals surface area contributed by atoms with E-state index in [1.807, 2.05) is 35.2 Å². The SMILES string of the molecule is O=C(Nc1ccncc1)N(Cc1ccccc1)C1CCCCC1. The van der Waals surface area contributed by atoms with E-state index in [2.05, 4.69) is 22.4 Å². The lowest BCUT2D eigenvalue weighted by atomic mass is 9.94. The summed E-state index contributed by atoms with van der Waals surface area (Å²) in [5, 5.41) is 3.01. The molecule has 2 amide bonds. The number of hydrogen-bond acceptors (Lipinski definition) is 2. The van der Waals surface area contributed by atoms with Gasteiger partial charge in [0.1, 0.15) is 0 Å². The summed E-state index contributed by atoms with van der Waals surface area (Å²) in [6.45, 7) is 0.655. The minimum Gasteiger partial charge on any atom is -0.317 e.